The Labute approximate surface area is 80.2 Å². The van der Waals surface area contributed by atoms with Crippen molar-refractivity contribution in [3.8, 4) is 0 Å². The van der Waals surface area contributed by atoms with Gasteiger partial charge in [0.2, 0.25) is 0 Å². The van der Waals surface area contributed by atoms with Gasteiger partial charge in [-0.2, -0.15) is 0 Å². The normalized spacial score (nSPS) is 12.1. The summed E-state index contributed by atoms with van der Waals surface area (Å²) in [4.78, 5) is 0. The Morgan fingerprint density at radius 3 is 1.75 bits per heavy atom. The number of amidine groups is 2. The first-order valence-corrected chi connectivity index (χ1v) is 4.86. The monoisotopic (exact) mass is 204 g/mol. The van der Waals surface area contributed by atoms with Crippen LogP contribution in [-0.4, -0.2) is 14.9 Å². The van der Waals surface area contributed by atoms with E-state index in [0.29, 0.717) is 0 Å². The molecule has 0 aliphatic carbocycles. The highest BCUT2D eigenvalue weighted by atomic mass is 32.2. The Hall–Kier alpha value is -0.620. The number of nitrogens with two attached hydrogens (primary N) is 2. The maximum atomic E-state index is 7.04. The van der Waals surface area contributed by atoms with Gasteiger partial charge in [0, 0.05) is 0 Å². The van der Waals surface area contributed by atoms with Crippen molar-refractivity contribution >= 4 is 33.9 Å². The van der Waals surface area contributed by atoms with Crippen LogP contribution < -0.4 is 11.5 Å². The van der Waals surface area contributed by atoms with E-state index in [-0.39, 0.29) is 14.9 Å². The minimum atomic E-state index is -0.125. The second kappa shape index (κ2) is 5.10. The van der Waals surface area contributed by atoms with Crippen molar-refractivity contribution in [1.29, 1.82) is 10.8 Å². The molecule has 0 aromatic carbocycles. The summed E-state index contributed by atoms with van der Waals surface area (Å²) >= 11 is 2.28. The number of nitrogens with one attached hydrogen (secondary N) is 2. The molecular weight excluding hydrogens is 192 g/mol. The second-order valence-electron chi connectivity index (χ2n) is 2.14. The molecule has 68 valence electrons. The molecule has 0 radical (unpaired) electrons. The summed E-state index contributed by atoms with van der Waals surface area (Å²) in [5, 5.41) is 14.1. The lowest BCUT2D eigenvalue weighted by Crippen LogP contribution is -2.15. The van der Waals surface area contributed by atoms with E-state index in [2.05, 4.69) is 6.58 Å². The quantitative estimate of drug-likeness (QED) is 0.240. The van der Waals surface area contributed by atoms with Gasteiger partial charge in [-0.1, -0.05) is 35.7 Å². The highest BCUT2D eigenvalue weighted by molar-refractivity contribution is 8.30. The summed E-state index contributed by atoms with van der Waals surface area (Å²) in [6, 6.07) is 0. The van der Waals surface area contributed by atoms with E-state index in [4.69, 9.17) is 22.3 Å². The molecule has 12 heavy (non-hydrogen) atoms. The van der Waals surface area contributed by atoms with Gasteiger partial charge in [-0.25, -0.2) is 0 Å². The summed E-state index contributed by atoms with van der Waals surface area (Å²) in [5.41, 5.74) is 11.2. The van der Waals surface area contributed by atoms with E-state index in [1.54, 1.807) is 0 Å². The molecule has 0 unspecified atom stereocenters. The minimum absolute atomic E-state index is 0.0109. The Kier molecular flexibility index (Phi) is 4.84. The molecule has 0 saturated heterocycles. The first-order valence-electron chi connectivity index (χ1n) is 3.10. The molecule has 0 aliphatic heterocycles. The molecule has 0 heterocycles. The van der Waals surface area contributed by atoms with Crippen LogP contribution in [0.1, 0.15) is 6.92 Å². The van der Waals surface area contributed by atoms with Crippen molar-refractivity contribution in [1.82, 2.24) is 0 Å². The molecule has 0 fully saturated rings. The largest absolute Gasteiger partial charge is 0.379 e. The maximum absolute atomic E-state index is 7.04. The first kappa shape index (κ1) is 11.4. The average molecular weight is 204 g/mol. The van der Waals surface area contributed by atoms with Gasteiger partial charge in [-0.15, -0.1) is 0 Å². The van der Waals surface area contributed by atoms with Crippen molar-refractivity contribution in [2.24, 2.45) is 11.5 Å². The zero-order valence-electron chi connectivity index (χ0n) is 6.76. The predicted molar refractivity (Wildman–Crippen MR) is 57.6 cm³/mol. The van der Waals surface area contributed by atoms with Crippen molar-refractivity contribution in [3.63, 3.8) is 0 Å². The maximum Gasteiger partial charge on any atom is 0.152 e. The molecule has 0 amide bonds. The van der Waals surface area contributed by atoms with Crippen molar-refractivity contribution < 1.29 is 0 Å². The molecule has 0 aliphatic rings. The van der Waals surface area contributed by atoms with Crippen LogP contribution in [0.4, 0.5) is 0 Å². The standard InChI is InChI=1S/C6H12N4S2/c1-3(2)4(11-5(7)8)12-6(9)10/h4H,1H2,2H3,(H3,7,8)(H3,9,10). The fraction of sp³-hybridized carbons (Fsp3) is 0.333. The van der Waals surface area contributed by atoms with Gasteiger partial charge in [0.1, 0.15) is 0 Å². The number of thioether (sulfide) groups is 2. The summed E-state index contributed by atoms with van der Waals surface area (Å²) in [7, 11) is 0. The first-order chi connectivity index (χ1) is 5.43. The third-order valence-corrected chi connectivity index (χ3v) is 3.19. The van der Waals surface area contributed by atoms with Gasteiger partial charge < -0.3 is 11.5 Å². The van der Waals surface area contributed by atoms with Gasteiger partial charge in [-0.3, -0.25) is 10.8 Å². The molecule has 0 rings (SSSR count). The fourth-order valence-corrected chi connectivity index (χ4v) is 2.13. The summed E-state index contributed by atoms with van der Waals surface area (Å²) in [6.07, 6.45) is 0. The van der Waals surface area contributed by atoms with Crippen LogP contribution in [0.2, 0.25) is 0 Å². The molecule has 6 heteroatoms. The lowest BCUT2D eigenvalue weighted by atomic mass is 10.4. The lowest BCUT2D eigenvalue weighted by Gasteiger charge is -2.13. The average Bonchev–Trinajstić information content (AvgIpc) is 1.83. The highest BCUT2D eigenvalue weighted by Crippen LogP contribution is 2.28. The van der Waals surface area contributed by atoms with Gasteiger partial charge in [0.25, 0.3) is 0 Å². The molecule has 0 saturated carbocycles. The van der Waals surface area contributed by atoms with Gasteiger partial charge in [0.15, 0.2) is 10.3 Å². The second-order valence-corrected chi connectivity index (χ2v) is 4.73. The van der Waals surface area contributed by atoms with E-state index in [0.717, 1.165) is 29.1 Å². The van der Waals surface area contributed by atoms with Crippen LogP contribution in [0.5, 0.6) is 0 Å². The van der Waals surface area contributed by atoms with Gasteiger partial charge >= 0.3 is 0 Å². The SMILES string of the molecule is C=C(C)C(SC(=N)N)SC(=N)N. The number of rotatable bonds is 3. The third kappa shape index (κ3) is 5.09. The Bertz CT molecular complexity index is 198. The molecule has 0 spiro atoms. The molecule has 4 nitrogen and oxygen atoms in total. The van der Waals surface area contributed by atoms with Crippen molar-refractivity contribution in [3.05, 3.63) is 12.2 Å². The Balaban J connectivity index is 4.14. The molecule has 0 aromatic rings. The topological polar surface area (TPSA) is 99.7 Å². The smallest absolute Gasteiger partial charge is 0.152 e. The Morgan fingerprint density at radius 1 is 1.25 bits per heavy atom. The van der Waals surface area contributed by atoms with Crippen molar-refractivity contribution in [2.75, 3.05) is 0 Å². The fourth-order valence-electron chi connectivity index (χ4n) is 0.456. The number of hydrogen-bond donors (Lipinski definition) is 4. The number of hydrogen-bond acceptors (Lipinski definition) is 4. The molecule has 0 atom stereocenters. The van der Waals surface area contributed by atoms with Crippen LogP contribution in [0.25, 0.3) is 0 Å². The van der Waals surface area contributed by atoms with Crippen LogP contribution in [0, 0.1) is 10.8 Å². The summed E-state index contributed by atoms with van der Waals surface area (Å²) in [5.74, 6) is 0. The zero-order valence-corrected chi connectivity index (χ0v) is 8.39. The molecule has 0 aromatic heterocycles. The lowest BCUT2D eigenvalue weighted by molar-refractivity contribution is 1.38. The van der Waals surface area contributed by atoms with E-state index in [1.165, 1.54) is 0 Å². The summed E-state index contributed by atoms with van der Waals surface area (Å²) in [6.45, 7) is 5.53. The molecular formula is C6H12N4S2. The van der Waals surface area contributed by atoms with E-state index in [1.807, 2.05) is 6.92 Å². The van der Waals surface area contributed by atoms with E-state index >= 15 is 0 Å². The van der Waals surface area contributed by atoms with E-state index in [9.17, 15) is 0 Å². The predicted octanol–water partition coefficient (Wildman–Crippen LogP) is 1.14. The van der Waals surface area contributed by atoms with Crippen LogP contribution in [0.15, 0.2) is 12.2 Å². The highest BCUT2D eigenvalue weighted by Gasteiger charge is 2.13. The van der Waals surface area contributed by atoms with Crippen LogP contribution in [0.3, 0.4) is 0 Å². The van der Waals surface area contributed by atoms with E-state index < -0.39 is 0 Å². The molecule has 0 bridgehead atoms. The Morgan fingerprint density at radius 2 is 1.58 bits per heavy atom. The van der Waals surface area contributed by atoms with Gasteiger partial charge in [-0.05, 0) is 6.92 Å². The van der Waals surface area contributed by atoms with Crippen LogP contribution >= 0.6 is 23.5 Å². The summed E-state index contributed by atoms with van der Waals surface area (Å²) < 4.78 is -0.125. The zero-order chi connectivity index (χ0) is 9.72. The van der Waals surface area contributed by atoms with Gasteiger partial charge in [0.05, 0.1) is 4.58 Å². The minimum Gasteiger partial charge on any atom is -0.379 e. The molecule has 6 N–H and O–H groups in total. The van der Waals surface area contributed by atoms with Crippen molar-refractivity contribution in [2.45, 2.75) is 11.5 Å². The third-order valence-electron chi connectivity index (χ3n) is 0.870. The van der Waals surface area contributed by atoms with Crippen LogP contribution in [-0.2, 0) is 0 Å².